The van der Waals surface area contributed by atoms with Crippen molar-refractivity contribution in [1.82, 2.24) is 5.32 Å². The Labute approximate surface area is 49.0 Å². The van der Waals surface area contributed by atoms with Gasteiger partial charge in [0.15, 0.2) is 0 Å². The molecule has 1 aliphatic rings. The van der Waals surface area contributed by atoms with Crippen molar-refractivity contribution < 1.29 is 0 Å². The fourth-order valence-electron chi connectivity index (χ4n) is 0.650. The molecular weight excluding hydrogens is 110 g/mol. The van der Waals surface area contributed by atoms with E-state index in [-0.39, 0.29) is 5.50 Å². The highest BCUT2D eigenvalue weighted by Crippen LogP contribution is 2.18. The summed E-state index contributed by atoms with van der Waals surface area (Å²) in [6.45, 7) is 4.15. The van der Waals surface area contributed by atoms with E-state index in [4.69, 9.17) is 11.6 Å². The smallest absolute Gasteiger partial charge is 0.0854 e. The molecule has 1 rings (SSSR count). The number of rotatable bonds is 0. The number of hydrogen-bond acceptors (Lipinski definition) is 1. The molecular formula is C5H9ClN. The minimum absolute atomic E-state index is 0.181. The van der Waals surface area contributed by atoms with Crippen LogP contribution in [-0.2, 0) is 0 Å². The van der Waals surface area contributed by atoms with Crippen LogP contribution in [0.3, 0.4) is 0 Å². The number of alkyl halides is 1. The topological polar surface area (TPSA) is 12.0 Å². The van der Waals surface area contributed by atoms with Gasteiger partial charge in [-0.2, -0.15) is 0 Å². The van der Waals surface area contributed by atoms with Gasteiger partial charge in [-0.05, 0) is 12.3 Å². The maximum Gasteiger partial charge on any atom is 0.0854 e. The van der Waals surface area contributed by atoms with Crippen molar-refractivity contribution in [2.45, 2.75) is 18.8 Å². The standard InChI is InChI=1S/C5H9ClN/c1-4-2-3-7-5(4)6/h3-5,7H,2H2,1H3/t4?,5-/m1/s1. The molecule has 0 aliphatic carbocycles. The average Bonchev–Trinajstić information content (AvgIpc) is 1.91. The van der Waals surface area contributed by atoms with Crippen LogP contribution in [0.1, 0.15) is 13.3 Å². The van der Waals surface area contributed by atoms with Crippen molar-refractivity contribution in [3.8, 4) is 0 Å². The largest absolute Gasteiger partial charge is 0.297 e. The van der Waals surface area contributed by atoms with Gasteiger partial charge in [0.1, 0.15) is 0 Å². The zero-order valence-electron chi connectivity index (χ0n) is 4.32. The van der Waals surface area contributed by atoms with E-state index >= 15 is 0 Å². The van der Waals surface area contributed by atoms with Crippen LogP contribution in [0.2, 0.25) is 0 Å². The van der Waals surface area contributed by atoms with Crippen molar-refractivity contribution in [1.29, 1.82) is 0 Å². The summed E-state index contributed by atoms with van der Waals surface area (Å²) >= 11 is 5.72. The molecule has 1 nitrogen and oxygen atoms in total. The first-order chi connectivity index (χ1) is 3.30. The molecule has 41 valence electrons. The predicted octanol–water partition coefficient (Wildman–Crippen LogP) is 1.34. The minimum atomic E-state index is 0.181. The molecule has 2 atom stereocenters. The Morgan fingerprint density at radius 2 is 2.57 bits per heavy atom. The van der Waals surface area contributed by atoms with E-state index in [1.807, 2.05) is 6.54 Å². The molecule has 7 heavy (non-hydrogen) atoms. The second-order valence-electron chi connectivity index (χ2n) is 1.99. The Hall–Kier alpha value is 0.250. The van der Waals surface area contributed by atoms with E-state index in [0.29, 0.717) is 5.92 Å². The van der Waals surface area contributed by atoms with Crippen LogP contribution in [0.4, 0.5) is 0 Å². The monoisotopic (exact) mass is 118 g/mol. The Balaban J connectivity index is 2.33. The molecule has 1 heterocycles. The average molecular weight is 119 g/mol. The van der Waals surface area contributed by atoms with Gasteiger partial charge in [0.25, 0.3) is 0 Å². The summed E-state index contributed by atoms with van der Waals surface area (Å²) in [5.74, 6) is 0.613. The van der Waals surface area contributed by atoms with Gasteiger partial charge in [0.2, 0.25) is 0 Å². The maximum atomic E-state index is 5.72. The molecule has 1 saturated heterocycles. The summed E-state index contributed by atoms with van der Waals surface area (Å²) < 4.78 is 0. The summed E-state index contributed by atoms with van der Waals surface area (Å²) in [7, 11) is 0. The van der Waals surface area contributed by atoms with Gasteiger partial charge in [-0.1, -0.05) is 6.92 Å². The summed E-state index contributed by atoms with van der Waals surface area (Å²) in [6.07, 6.45) is 1.11. The van der Waals surface area contributed by atoms with E-state index in [1.165, 1.54) is 0 Å². The normalized spacial score (nSPS) is 42.0. The second-order valence-corrected chi connectivity index (χ2v) is 2.46. The Morgan fingerprint density at radius 1 is 1.86 bits per heavy atom. The van der Waals surface area contributed by atoms with Crippen LogP contribution in [-0.4, -0.2) is 5.50 Å². The Bertz CT molecular complexity index is 57.1. The lowest BCUT2D eigenvalue weighted by Crippen LogP contribution is -2.15. The number of halogens is 1. The summed E-state index contributed by atoms with van der Waals surface area (Å²) in [5.41, 5.74) is 0.181. The first-order valence-corrected chi connectivity index (χ1v) is 2.96. The molecule has 0 spiro atoms. The molecule has 0 aromatic rings. The minimum Gasteiger partial charge on any atom is -0.297 e. The van der Waals surface area contributed by atoms with Crippen LogP contribution in [0.5, 0.6) is 0 Å². The van der Waals surface area contributed by atoms with Gasteiger partial charge < -0.3 is 0 Å². The van der Waals surface area contributed by atoms with Crippen LogP contribution in [0, 0.1) is 12.5 Å². The quantitative estimate of drug-likeness (QED) is 0.374. The fraction of sp³-hybridized carbons (Fsp3) is 0.800. The van der Waals surface area contributed by atoms with Crippen LogP contribution < -0.4 is 5.32 Å². The molecule has 2 heteroatoms. The van der Waals surface area contributed by atoms with E-state index < -0.39 is 0 Å². The predicted molar refractivity (Wildman–Crippen MR) is 30.9 cm³/mol. The van der Waals surface area contributed by atoms with Gasteiger partial charge in [-0.3, -0.25) is 5.32 Å². The molecule has 0 amide bonds. The highest BCUT2D eigenvalue weighted by Gasteiger charge is 2.19. The highest BCUT2D eigenvalue weighted by atomic mass is 35.5. The fourth-order valence-corrected chi connectivity index (χ4v) is 0.842. The molecule has 0 aromatic carbocycles. The van der Waals surface area contributed by atoms with Crippen molar-refractivity contribution >= 4 is 11.6 Å². The zero-order valence-corrected chi connectivity index (χ0v) is 5.07. The zero-order chi connectivity index (χ0) is 5.28. The second kappa shape index (κ2) is 2.01. The van der Waals surface area contributed by atoms with Gasteiger partial charge >= 0.3 is 0 Å². The van der Waals surface area contributed by atoms with E-state index in [9.17, 15) is 0 Å². The maximum absolute atomic E-state index is 5.72. The van der Waals surface area contributed by atoms with Gasteiger partial charge in [0, 0.05) is 6.54 Å². The summed E-state index contributed by atoms with van der Waals surface area (Å²) in [4.78, 5) is 0. The highest BCUT2D eigenvalue weighted by molar-refractivity contribution is 6.20. The van der Waals surface area contributed by atoms with E-state index in [0.717, 1.165) is 6.42 Å². The van der Waals surface area contributed by atoms with Crippen molar-refractivity contribution in [2.24, 2.45) is 5.92 Å². The lowest BCUT2D eigenvalue weighted by Gasteiger charge is -2.02. The van der Waals surface area contributed by atoms with Gasteiger partial charge in [-0.25, -0.2) is 0 Å². The summed E-state index contributed by atoms with van der Waals surface area (Å²) in [5, 5.41) is 3.01. The molecule has 0 aromatic heterocycles. The van der Waals surface area contributed by atoms with Crippen molar-refractivity contribution in [3.63, 3.8) is 0 Å². The SMILES string of the molecule is CC1C[CH]N[C@H]1Cl. The van der Waals surface area contributed by atoms with Crippen molar-refractivity contribution in [3.05, 3.63) is 6.54 Å². The van der Waals surface area contributed by atoms with E-state index in [2.05, 4.69) is 12.2 Å². The molecule has 0 bridgehead atoms. The molecule has 0 saturated carbocycles. The lowest BCUT2D eigenvalue weighted by atomic mass is 10.2. The third-order valence-corrected chi connectivity index (χ3v) is 1.82. The Kier molecular flexibility index (Phi) is 1.55. The number of nitrogens with one attached hydrogen (secondary N) is 1. The summed E-state index contributed by atoms with van der Waals surface area (Å²) in [6, 6.07) is 0. The third-order valence-electron chi connectivity index (χ3n) is 1.27. The van der Waals surface area contributed by atoms with Crippen molar-refractivity contribution in [2.75, 3.05) is 0 Å². The lowest BCUT2D eigenvalue weighted by molar-refractivity contribution is 0.607. The third kappa shape index (κ3) is 1.07. The first kappa shape index (κ1) is 5.39. The van der Waals surface area contributed by atoms with E-state index in [1.54, 1.807) is 0 Å². The molecule has 1 fully saturated rings. The van der Waals surface area contributed by atoms with Gasteiger partial charge in [-0.15, -0.1) is 11.6 Å². The van der Waals surface area contributed by atoms with Crippen LogP contribution in [0.15, 0.2) is 0 Å². The first-order valence-electron chi connectivity index (χ1n) is 2.52. The van der Waals surface area contributed by atoms with Crippen LogP contribution in [0.25, 0.3) is 0 Å². The molecule has 1 N–H and O–H groups in total. The molecule has 1 aliphatic heterocycles. The molecule has 1 radical (unpaired) electrons. The van der Waals surface area contributed by atoms with Crippen LogP contribution >= 0.6 is 11.6 Å². The molecule has 1 unspecified atom stereocenters. The Morgan fingerprint density at radius 3 is 2.71 bits per heavy atom. The van der Waals surface area contributed by atoms with Gasteiger partial charge in [0.05, 0.1) is 5.50 Å². The number of hydrogen-bond donors (Lipinski definition) is 1.